The average molecular weight is 258 g/mol. The number of methoxy groups -OCH3 is 1. The summed E-state index contributed by atoms with van der Waals surface area (Å²) in [5.41, 5.74) is 2.09. The first-order valence-electron chi connectivity index (χ1n) is 5.78. The Morgan fingerprint density at radius 1 is 0.947 bits per heavy atom. The van der Waals surface area contributed by atoms with Crippen molar-refractivity contribution >= 4 is 5.97 Å². The van der Waals surface area contributed by atoms with Crippen molar-refractivity contribution in [3.63, 3.8) is 0 Å². The number of carbonyl (C=O) groups is 1. The fourth-order valence-corrected chi connectivity index (χ4v) is 1.67. The highest BCUT2D eigenvalue weighted by atomic mass is 16.5. The molecule has 19 heavy (non-hydrogen) atoms. The van der Waals surface area contributed by atoms with Crippen molar-refractivity contribution in [3.8, 4) is 22.6 Å². The maximum absolute atomic E-state index is 10.4. The fraction of sp³-hybridized carbons (Fsp3) is 0.133. The summed E-state index contributed by atoms with van der Waals surface area (Å²) in [5.74, 6) is 0.365. The second-order valence-electron chi connectivity index (χ2n) is 3.94. The van der Waals surface area contributed by atoms with E-state index in [1.165, 1.54) is 0 Å². The van der Waals surface area contributed by atoms with E-state index in [0.29, 0.717) is 5.75 Å². The van der Waals surface area contributed by atoms with Gasteiger partial charge in [0.1, 0.15) is 11.5 Å². The van der Waals surface area contributed by atoms with Crippen LogP contribution in [0, 0.1) is 0 Å². The van der Waals surface area contributed by atoms with E-state index in [1.54, 1.807) is 19.2 Å². The number of aliphatic carboxylic acids is 1. The lowest BCUT2D eigenvalue weighted by Crippen LogP contribution is -2.09. The van der Waals surface area contributed by atoms with Crippen LogP contribution >= 0.6 is 0 Å². The molecule has 0 spiro atoms. The highest BCUT2D eigenvalue weighted by molar-refractivity contribution is 5.69. The van der Waals surface area contributed by atoms with Crippen molar-refractivity contribution in [1.82, 2.24) is 0 Å². The molecule has 0 aromatic heterocycles. The molecule has 0 heterocycles. The molecule has 0 amide bonds. The van der Waals surface area contributed by atoms with E-state index in [1.807, 2.05) is 36.4 Å². The molecule has 2 aromatic rings. The predicted molar refractivity (Wildman–Crippen MR) is 71.6 cm³/mol. The molecule has 0 radical (unpaired) electrons. The Balaban J connectivity index is 2.10. The third-order valence-corrected chi connectivity index (χ3v) is 2.64. The number of ether oxygens (including phenoxy) is 2. The second-order valence-corrected chi connectivity index (χ2v) is 3.94. The Kier molecular flexibility index (Phi) is 4.03. The summed E-state index contributed by atoms with van der Waals surface area (Å²) in [6.07, 6.45) is 0. The molecule has 98 valence electrons. The first-order valence-corrected chi connectivity index (χ1v) is 5.78. The molecule has 0 unspecified atom stereocenters. The van der Waals surface area contributed by atoms with Gasteiger partial charge < -0.3 is 14.6 Å². The summed E-state index contributed by atoms with van der Waals surface area (Å²) in [7, 11) is 1.63. The molecule has 0 atom stereocenters. The molecule has 0 fully saturated rings. The van der Waals surface area contributed by atoms with Crippen molar-refractivity contribution in [1.29, 1.82) is 0 Å². The predicted octanol–water partition coefficient (Wildman–Crippen LogP) is 2.83. The summed E-state index contributed by atoms with van der Waals surface area (Å²) in [4.78, 5) is 10.4. The van der Waals surface area contributed by atoms with Gasteiger partial charge >= 0.3 is 5.97 Å². The lowest BCUT2D eigenvalue weighted by Gasteiger charge is -2.06. The van der Waals surface area contributed by atoms with Gasteiger partial charge in [-0.3, -0.25) is 0 Å². The van der Waals surface area contributed by atoms with Gasteiger partial charge in [0, 0.05) is 0 Å². The van der Waals surface area contributed by atoms with Crippen LogP contribution in [0.5, 0.6) is 11.5 Å². The Morgan fingerprint density at radius 3 is 1.84 bits per heavy atom. The molecule has 4 heteroatoms. The second kappa shape index (κ2) is 5.91. The lowest BCUT2D eigenvalue weighted by molar-refractivity contribution is -0.139. The average Bonchev–Trinajstić information content (AvgIpc) is 2.46. The minimum Gasteiger partial charge on any atom is -0.497 e. The summed E-state index contributed by atoms with van der Waals surface area (Å²) in [6, 6.07) is 15.0. The quantitative estimate of drug-likeness (QED) is 0.896. The fourth-order valence-electron chi connectivity index (χ4n) is 1.67. The van der Waals surface area contributed by atoms with Gasteiger partial charge in [0.15, 0.2) is 6.61 Å². The Bertz CT molecular complexity index is 543. The summed E-state index contributed by atoms with van der Waals surface area (Å²) in [6.45, 7) is -0.331. The molecule has 0 aliphatic carbocycles. The molecule has 0 aliphatic heterocycles. The van der Waals surface area contributed by atoms with Crippen molar-refractivity contribution in [2.75, 3.05) is 13.7 Å². The van der Waals surface area contributed by atoms with Gasteiger partial charge in [0.25, 0.3) is 0 Å². The minimum atomic E-state index is -0.987. The standard InChI is InChI=1S/C15H14O4/c1-18-13-6-2-11(3-7-13)12-4-8-14(9-5-12)19-10-15(16)17/h2-9H,10H2,1H3,(H,16,17). The van der Waals surface area contributed by atoms with Crippen LogP contribution in [0.25, 0.3) is 11.1 Å². The van der Waals surface area contributed by atoms with E-state index in [4.69, 9.17) is 14.6 Å². The number of rotatable bonds is 5. The number of hydrogen-bond donors (Lipinski definition) is 1. The molecule has 0 saturated carbocycles. The zero-order chi connectivity index (χ0) is 13.7. The lowest BCUT2D eigenvalue weighted by atomic mass is 10.1. The zero-order valence-corrected chi connectivity index (χ0v) is 10.5. The van der Waals surface area contributed by atoms with Crippen LogP contribution in [-0.4, -0.2) is 24.8 Å². The third-order valence-electron chi connectivity index (χ3n) is 2.64. The third kappa shape index (κ3) is 3.48. The summed E-state index contributed by atoms with van der Waals surface area (Å²) < 4.78 is 10.2. The molecule has 0 bridgehead atoms. The van der Waals surface area contributed by atoms with Gasteiger partial charge in [-0.1, -0.05) is 24.3 Å². The molecule has 2 aromatic carbocycles. The van der Waals surface area contributed by atoms with Gasteiger partial charge in [-0.15, -0.1) is 0 Å². The van der Waals surface area contributed by atoms with Gasteiger partial charge in [0.2, 0.25) is 0 Å². The Labute approximate surface area is 111 Å². The van der Waals surface area contributed by atoms with Crippen LogP contribution in [0.3, 0.4) is 0 Å². The van der Waals surface area contributed by atoms with Crippen molar-refractivity contribution < 1.29 is 19.4 Å². The van der Waals surface area contributed by atoms with Crippen LogP contribution in [0.4, 0.5) is 0 Å². The summed E-state index contributed by atoms with van der Waals surface area (Å²) >= 11 is 0. The molecular weight excluding hydrogens is 244 g/mol. The molecular formula is C15H14O4. The highest BCUT2D eigenvalue weighted by Gasteiger charge is 2.01. The van der Waals surface area contributed by atoms with Crippen LogP contribution in [0.2, 0.25) is 0 Å². The zero-order valence-electron chi connectivity index (χ0n) is 10.5. The first kappa shape index (κ1) is 13.0. The number of carboxylic acids is 1. The maximum atomic E-state index is 10.4. The topological polar surface area (TPSA) is 55.8 Å². The maximum Gasteiger partial charge on any atom is 0.341 e. The number of benzene rings is 2. The van der Waals surface area contributed by atoms with Gasteiger partial charge in [0.05, 0.1) is 7.11 Å². The van der Waals surface area contributed by atoms with Crippen LogP contribution in [-0.2, 0) is 4.79 Å². The van der Waals surface area contributed by atoms with Crippen molar-refractivity contribution in [3.05, 3.63) is 48.5 Å². The van der Waals surface area contributed by atoms with Crippen molar-refractivity contribution in [2.45, 2.75) is 0 Å². The Hall–Kier alpha value is -2.49. The van der Waals surface area contributed by atoms with Crippen LogP contribution in [0.15, 0.2) is 48.5 Å². The number of carboxylic acid groups (broad SMARTS) is 1. The van der Waals surface area contributed by atoms with Crippen LogP contribution in [0.1, 0.15) is 0 Å². The van der Waals surface area contributed by atoms with E-state index >= 15 is 0 Å². The first-order chi connectivity index (χ1) is 9.19. The normalized spacial score (nSPS) is 9.95. The van der Waals surface area contributed by atoms with E-state index in [2.05, 4.69) is 0 Å². The molecule has 4 nitrogen and oxygen atoms in total. The molecule has 1 N–H and O–H groups in total. The van der Waals surface area contributed by atoms with Gasteiger partial charge in [-0.2, -0.15) is 0 Å². The highest BCUT2D eigenvalue weighted by Crippen LogP contribution is 2.24. The molecule has 2 rings (SSSR count). The van der Waals surface area contributed by atoms with Gasteiger partial charge in [-0.25, -0.2) is 4.79 Å². The SMILES string of the molecule is COc1ccc(-c2ccc(OCC(=O)O)cc2)cc1. The van der Waals surface area contributed by atoms with Gasteiger partial charge in [-0.05, 0) is 35.4 Å². The molecule has 0 aliphatic rings. The van der Waals surface area contributed by atoms with Crippen molar-refractivity contribution in [2.24, 2.45) is 0 Å². The summed E-state index contributed by atoms with van der Waals surface area (Å²) in [5, 5.41) is 8.52. The van der Waals surface area contributed by atoms with Crippen LogP contribution < -0.4 is 9.47 Å². The largest absolute Gasteiger partial charge is 0.497 e. The number of hydrogen-bond acceptors (Lipinski definition) is 3. The Morgan fingerprint density at radius 2 is 1.42 bits per heavy atom. The monoisotopic (exact) mass is 258 g/mol. The minimum absolute atomic E-state index is 0.331. The van der Waals surface area contributed by atoms with E-state index < -0.39 is 5.97 Å². The smallest absolute Gasteiger partial charge is 0.341 e. The van der Waals surface area contributed by atoms with E-state index in [-0.39, 0.29) is 6.61 Å². The van der Waals surface area contributed by atoms with E-state index in [0.717, 1.165) is 16.9 Å². The van der Waals surface area contributed by atoms with E-state index in [9.17, 15) is 4.79 Å². The molecule has 0 saturated heterocycles.